The zero-order valence-corrected chi connectivity index (χ0v) is 13.4. The van der Waals surface area contributed by atoms with Gasteiger partial charge in [0.15, 0.2) is 0 Å². The van der Waals surface area contributed by atoms with Crippen LogP contribution in [-0.2, 0) is 12.8 Å². The molecule has 0 amide bonds. The second-order valence-corrected chi connectivity index (χ2v) is 6.58. The predicted octanol–water partition coefficient (Wildman–Crippen LogP) is 3.99. The summed E-state index contributed by atoms with van der Waals surface area (Å²) < 4.78 is 7.06. The first-order valence-electron chi connectivity index (χ1n) is 7.34. The summed E-state index contributed by atoms with van der Waals surface area (Å²) in [5.74, 6) is 1.24. The fraction of sp³-hybridized carbons (Fsp3) is 0.333. The number of rotatable bonds is 5. The minimum atomic E-state index is 0.190. The summed E-state index contributed by atoms with van der Waals surface area (Å²) in [6.07, 6.45) is 2.92. The lowest BCUT2D eigenvalue weighted by molar-refractivity contribution is 0.149. The van der Waals surface area contributed by atoms with Gasteiger partial charge in [0.25, 0.3) is 0 Å². The average molecular weight is 347 g/mol. The van der Waals surface area contributed by atoms with E-state index < -0.39 is 0 Å². The van der Waals surface area contributed by atoms with Gasteiger partial charge in [0.2, 0.25) is 0 Å². The van der Waals surface area contributed by atoms with E-state index in [9.17, 15) is 5.11 Å². The topological polar surface area (TPSA) is 29.5 Å². The first kappa shape index (κ1) is 14.6. The van der Waals surface area contributed by atoms with Crippen molar-refractivity contribution in [1.82, 2.24) is 0 Å². The van der Waals surface area contributed by atoms with Crippen LogP contribution < -0.4 is 4.74 Å². The Morgan fingerprint density at radius 2 is 1.90 bits per heavy atom. The molecule has 0 fully saturated rings. The number of benzene rings is 2. The lowest BCUT2D eigenvalue weighted by Gasteiger charge is -2.18. The molecule has 0 aromatic heterocycles. The van der Waals surface area contributed by atoms with Gasteiger partial charge in [-0.2, -0.15) is 0 Å². The Bertz CT molecular complexity index is 569. The van der Waals surface area contributed by atoms with Gasteiger partial charge >= 0.3 is 0 Å². The molecule has 0 radical (unpaired) electrons. The molecular formula is C18H19BrO2. The predicted molar refractivity (Wildman–Crippen MR) is 87.6 cm³/mol. The Morgan fingerprint density at radius 3 is 2.62 bits per heavy atom. The molecule has 2 aromatic carbocycles. The van der Waals surface area contributed by atoms with E-state index in [2.05, 4.69) is 40.2 Å². The maximum atomic E-state index is 9.65. The van der Waals surface area contributed by atoms with Crippen molar-refractivity contribution in [3.8, 4) is 5.75 Å². The van der Waals surface area contributed by atoms with Crippen molar-refractivity contribution >= 4 is 15.9 Å². The summed E-state index contributed by atoms with van der Waals surface area (Å²) in [6, 6.07) is 16.5. The van der Waals surface area contributed by atoms with Crippen LogP contribution in [0.2, 0.25) is 0 Å². The summed E-state index contributed by atoms with van der Waals surface area (Å²) in [5, 5.41) is 9.65. The van der Waals surface area contributed by atoms with Crippen molar-refractivity contribution in [2.24, 2.45) is 5.92 Å². The minimum absolute atomic E-state index is 0.190. The van der Waals surface area contributed by atoms with Crippen LogP contribution in [0.25, 0.3) is 0 Å². The standard InChI is InChI=1S/C18H19BrO2/c19-16-7-5-13(6-8-16)9-14(12-20)10-17-11-15-3-1-2-4-18(15)21-17/h1-8,14,17,20H,9-12H2. The Balaban J connectivity index is 1.60. The Morgan fingerprint density at radius 1 is 1.14 bits per heavy atom. The Kier molecular flexibility index (Phi) is 4.61. The highest BCUT2D eigenvalue weighted by molar-refractivity contribution is 9.10. The molecule has 2 nitrogen and oxygen atoms in total. The van der Waals surface area contributed by atoms with E-state index in [-0.39, 0.29) is 18.6 Å². The van der Waals surface area contributed by atoms with E-state index in [1.54, 1.807) is 0 Å². The number of para-hydroxylation sites is 1. The van der Waals surface area contributed by atoms with E-state index in [0.717, 1.165) is 29.5 Å². The van der Waals surface area contributed by atoms with Crippen LogP contribution >= 0.6 is 15.9 Å². The highest BCUT2D eigenvalue weighted by Gasteiger charge is 2.25. The highest BCUT2D eigenvalue weighted by Crippen LogP contribution is 2.31. The third-order valence-electron chi connectivity index (χ3n) is 4.01. The van der Waals surface area contributed by atoms with Crippen molar-refractivity contribution in [2.75, 3.05) is 6.61 Å². The minimum Gasteiger partial charge on any atom is -0.490 e. The van der Waals surface area contributed by atoms with Crippen molar-refractivity contribution in [3.05, 3.63) is 64.1 Å². The van der Waals surface area contributed by atoms with Gasteiger partial charge in [-0.3, -0.25) is 0 Å². The third-order valence-corrected chi connectivity index (χ3v) is 4.53. The molecule has 0 spiro atoms. The number of fused-ring (bicyclic) bond motifs is 1. The zero-order valence-electron chi connectivity index (χ0n) is 11.8. The lowest BCUT2D eigenvalue weighted by atomic mass is 9.93. The summed E-state index contributed by atoms with van der Waals surface area (Å²) in [6.45, 7) is 0.201. The van der Waals surface area contributed by atoms with Gasteiger partial charge in [0, 0.05) is 17.5 Å². The van der Waals surface area contributed by atoms with Crippen LogP contribution in [0.3, 0.4) is 0 Å². The maximum Gasteiger partial charge on any atom is 0.123 e. The second kappa shape index (κ2) is 6.63. The van der Waals surface area contributed by atoms with E-state index >= 15 is 0 Å². The molecule has 1 aliphatic heterocycles. The first-order chi connectivity index (χ1) is 10.2. The summed E-state index contributed by atoms with van der Waals surface area (Å²) in [7, 11) is 0. The first-order valence-corrected chi connectivity index (χ1v) is 8.14. The van der Waals surface area contributed by atoms with Gasteiger partial charge in [-0.1, -0.05) is 46.3 Å². The van der Waals surface area contributed by atoms with Gasteiger partial charge in [0.1, 0.15) is 11.9 Å². The fourth-order valence-electron chi connectivity index (χ4n) is 2.93. The van der Waals surface area contributed by atoms with Crippen LogP contribution in [0, 0.1) is 5.92 Å². The largest absolute Gasteiger partial charge is 0.490 e. The molecule has 110 valence electrons. The average Bonchev–Trinajstić information content (AvgIpc) is 2.91. The molecule has 2 unspecified atom stereocenters. The van der Waals surface area contributed by atoms with Crippen LogP contribution in [0.4, 0.5) is 0 Å². The van der Waals surface area contributed by atoms with Gasteiger partial charge in [-0.15, -0.1) is 0 Å². The molecule has 0 saturated heterocycles. The summed E-state index contributed by atoms with van der Waals surface area (Å²) >= 11 is 3.45. The molecule has 1 N–H and O–H groups in total. The third kappa shape index (κ3) is 3.66. The van der Waals surface area contributed by atoms with Crippen LogP contribution in [0.15, 0.2) is 53.0 Å². The Hall–Kier alpha value is -1.32. The second-order valence-electron chi connectivity index (χ2n) is 5.67. The van der Waals surface area contributed by atoms with E-state index in [1.807, 2.05) is 24.3 Å². The van der Waals surface area contributed by atoms with E-state index in [1.165, 1.54) is 11.1 Å². The highest BCUT2D eigenvalue weighted by atomic mass is 79.9. The number of hydrogen-bond donors (Lipinski definition) is 1. The monoisotopic (exact) mass is 346 g/mol. The quantitative estimate of drug-likeness (QED) is 0.886. The van der Waals surface area contributed by atoms with Gasteiger partial charge in [0.05, 0.1) is 0 Å². The maximum absolute atomic E-state index is 9.65. The molecule has 1 aliphatic rings. The van der Waals surface area contributed by atoms with Crippen LogP contribution in [0.5, 0.6) is 5.75 Å². The summed E-state index contributed by atoms with van der Waals surface area (Å²) in [5.41, 5.74) is 2.54. The van der Waals surface area contributed by atoms with E-state index in [0.29, 0.717) is 0 Å². The van der Waals surface area contributed by atoms with Crippen LogP contribution in [-0.4, -0.2) is 17.8 Å². The number of aliphatic hydroxyl groups excluding tert-OH is 1. The van der Waals surface area contributed by atoms with Crippen molar-refractivity contribution in [2.45, 2.75) is 25.4 Å². The van der Waals surface area contributed by atoms with Crippen LogP contribution in [0.1, 0.15) is 17.5 Å². The normalized spacial score (nSPS) is 18.1. The van der Waals surface area contributed by atoms with E-state index in [4.69, 9.17) is 4.74 Å². The molecular weight excluding hydrogens is 328 g/mol. The zero-order chi connectivity index (χ0) is 14.7. The molecule has 0 saturated carbocycles. The van der Waals surface area contributed by atoms with Gasteiger partial charge < -0.3 is 9.84 Å². The van der Waals surface area contributed by atoms with Crippen molar-refractivity contribution in [3.63, 3.8) is 0 Å². The molecule has 2 aromatic rings. The molecule has 0 aliphatic carbocycles. The van der Waals surface area contributed by atoms with Gasteiger partial charge in [-0.05, 0) is 48.1 Å². The molecule has 3 rings (SSSR count). The molecule has 1 heterocycles. The number of halogens is 1. The van der Waals surface area contributed by atoms with Crippen molar-refractivity contribution in [1.29, 1.82) is 0 Å². The number of ether oxygens (including phenoxy) is 1. The SMILES string of the molecule is OCC(Cc1ccc(Br)cc1)CC1Cc2ccccc2O1. The Labute approximate surface area is 133 Å². The summed E-state index contributed by atoms with van der Waals surface area (Å²) in [4.78, 5) is 0. The molecule has 21 heavy (non-hydrogen) atoms. The molecule has 3 heteroatoms. The molecule has 2 atom stereocenters. The van der Waals surface area contributed by atoms with Crippen molar-refractivity contribution < 1.29 is 9.84 Å². The number of hydrogen-bond acceptors (Lipinski definition) is 2. The fourth-order valence-corrected chi connectivity index (χ4v) is 3.20. The molecule has 0 bridgehead atoms. The smallest absolute Gasteiger partial charge is 0.123 e. The van der Waals surface area contributed by atoms with Gasteiger partial charge in [-0.25, -0.2) is 0 Å². The lowest BCUT2D eigenvalue weighted by Crippen LogP contribution is -2.22. The number of aliphatic hydroxyl groups is 1.